The van der Waals surface area contributed by atoms with E-state index in [0.29, 0.717) is 12.4 Å². The van der Waals surface area contributed by atoms with Crippen LogP contribution in [0.15, 0.2) is 89.7 Å². The molecule has 0 amide bonds. The third kappa shape index (κ3) is 6.13. The molecule has 5 aromatic rings. The van der Waals surface area contributed by atoms with Gasteiger partial charge in [-0.1, -0.05) is 36.8 Å². The summed E-state index contributed by atoms with van der Waals surface area (Å²) in [5.41, 5.74) is 3.58. The van der Waals surface area contributed by atoms with Crippen LogP contribution in [0.25, 0.3) is 22.4 Å². The van der Waals surface area contributed by atoms with Gasteiger partial charge in [-0.05, 0) is 74.0 Å². The number of nitrogens with zero attached hydrogens (tertiary/aromatic N) is 4. The van der Waals surface area contributed by atoms with Gasteiger partial charge in [-0.2, -0.15) is 0 Å². The fourth-order valence-corrected chi connectivity index (χ4v) is 4.64. The third-order valence-electron chi connectivity index (χ3n) is 6.63. The van der Waals surface area contributed by atoms with Crippen molar-refractivity contribution in [3.63, 3.8) is 0 Å². The molecule has 0 aliphatic carbocycles. The highest BCUT2D eigenvalue weighted by Gasteiger charge is 2.15. The van der Waals surface area contributed by atoms with Gasteiger partial charge in [0.2, 0.25) is 0 Å². The summed E-state index contributed by atoms with van der Waals surface area (Å²) in [6, 6.07) is 24.0. The first-order chi connectivity index (χ1) is 18.3. The number of rotatable bonds is 8. The summed E-state index contributed by atoms with van der Waals surface area (Å²) in [7, 11) is 0. The summed E-state index contributed by atoms with van der Waals surface area (Å²) >= 11 is 0. The average molecular weight is 528 g/mol. The summed E-state index contributed by atoms with van der Waals surface area (Å²) < 4.78 is 12.1. The van der Waals surface area contributed by atoms with E-state index in [0.717, 1.165) is 64.8 Å². The third-order valence-corrected chi connectivity index (χ3v) is 6.63. The molecule has 1 N–H and O–H groups in total. The largest absolute Gasteiger partial charge is 0.489 e. The predicted molar refractivity (Wildman–Crippen MR) is 152 cm³/mol. The molecule has 1 aliphatic rings. The van der Waals surface area contributed by atoms with Gasteiger partial charge < -0.3 is 14.5 Å². The Morgan fingerprint density at radius 1 is 0.868 bits per heavy atom. The summed E-state index contributed by atoms with van der Waals surface area (Å²) in [5, 5.41) is 4.29. The number of furan rings is 1. The number of likely N-dealkylation sites (tertiary alicyclic amines) is 1. The van der Waals surface area contributed by atoms with E-state index in [2.05, 4.69) is 43.4 Å². The molecule has 7 nitrogen and oxygen atoms in total. The molecule has 0 bridgehead atoms. The minimum Gasteiger partial charge on any atom is -0.489 e. The number of hydrogen-bond acceptors (Lipinski definition) is 7. The molecule has 1 fully saturated rings. The number of pyridine rings is 1. The Hall–Kier alpha value is -3.94. The van der Waals surface area contributed by atoms with E-state index in [1.165, 1.54) is 19.3 Å². The molecule has 8 heteroatoms. The van der Waals surface area contributed by atoms with Gasteiger partial charge in [-0.15, -0.1) is 12.4 Å². The van der Waals surface area contributed by atoms with Crippen LogP contribution in [0.4, 0.5) is 11.5 Å². The van der Waals surface area contributed by atoms with Crippen molar-refractivity contribution in [1.82, 2.24) is 19.9 Å². The van der Waals surface area contributed by atoms with E-state index < -0.39 is 0 Å². The van der Waals surface area contributed by atoms with Crippen molar-refractivity contribution >= 4 is 34.8 Å². The molecular formula is C30H30ClN5O2. The second-order valence-electron chi connectivity index (χ2n) is 9.34. The van der Waals surface area contributed by atoms with E-state index >= 15 is 0 Å². The standard InChI is InChI=1S/C30H29N5O2.ClH/c1-3-7-22(8-4-1)20-36-24-11-9-23(10-12-24)34-30-26-17-27(31-18-28(26)32-21-33-30)29-14-13-25(37-29)19-35-15-5-2-6-16-35;/h1,3-4,7-14,17-18,21H,2,5-6,15-16,19-20H2,(H,32,33,34);1H. The number of piperidine rings is 1. The Morgan fingerprint density at radius 2 is 1.68 bits per heavy atom. The van der Waals surface area contributed by atoms with Crippen LogP contribution < -0.4 is 10.1 Å². The fraction of sp³-hybridized carbons (Fsp3) is 0.233. The lowest BCUT2D eigenvalue weighted by Crippen LogP contribution is -2.28. The zero-order valence-corrected chi connectivity index (χ0v) is 21.9. The number of nitrogens with one attached hydrogen (secondary N) is 1. The molecule has 4 heterocycles. The molecule has 38 heavy (non-hydrogen) atoms. The van der Waals surface area contributed by atoms with E-state index in [1.807, 2.05) is 54.6 Å². The first-order valence-electron chi connectivity index (χ1n) is 12.8. The van der Waals surface area contributed by atoms with Crippen LogP contribution in [0.1, 0.15) is 30.6 Å². The van der Waals surface area contributed by atoms with E-state index in [1.54, 1.807) is 12.5 Å². The molecule has 0 atom stereocenters. The van der Waals surface area contributed by atoms with Gasteiger partial charge in [0.05, 0.1) is 18.3 Å². The molecule has 6 rings (SSSR count). The smallest absolute Gasteiger partial charge is 0.152 e. The highest BCUT2D eigenvalue weighted by molar-refractivity contribution is 5.92. The highest BCUT2D eigenvalue weighted by atomic mass is 35.5. The lowest BCUT2D eigenvalue weighted by atomic mass is 10.1. The second-order valence-corrected chi connectivity index (χ2v) is 9.34. The lowest BCUT2D eigenvalue weighted by Gasteiger charge is -2.25. The number of benzene rings is 2. The Bertz CT molecular complexity index is 1470. The molecular weight excluding hydrogens is 498 g/mol. The lowest BCUT2D eigenvalue weighted by molar-refractivity contribution is 0.206. The molecule has 0 radical (unpaired) electrons. The van der Waals surface area contributed by atoms with Crippen molar-refractivity contribution in [2.75, 3.05) is 18.4 Å². The summed E-state index contributed by atoms with van der Waals surface area (Å²) in [5.74, 6) is 3.25. The number of halogens is 1. The Balaban J connectivity index is 0.00000294. The Labute approximate surface area is 228 Å². The van der Waals surface area contributed by atoms with Gasteiger partial charge in [0.1, 0.15) is 36.0 Å². The van der Waals surface area contributed by atoms with Crippen LogP contribution >= 0.6 is 12.4 Å². The average Bonchev–Trinajstić information content (AvgIpc) is 3.42. The molecule has 0 spiro atoms. The van der Waals surface area contributed by atoms with E-state index in [4.69, 9.17) is 9.15 Å². The predicted octanol–water partition coefficient (Wildman–Crippen LogP) is 7.02. The molecule has 1 aliphatic heterocycles. The topological polar surface area (TPSA) is 76.3 Å². The van der Waals surface area contributed by atoms with Gasteiger partial charge in [0, 0.05) is 11.1 Å². The van der Waals surface area contributed by atoms with Gasteiger partial charge in [-0.25, -0.2) is 9.97 Å². The SMILES string of the molecule is Cl.c1ccc(COc2ccc(Nc3ncnc4cnc(-c5ccc(CN6CCCCC6)o5)cc34)cc2)cc1. The number of fused-ring (bicyclic) bond motifs is 1. The zero-order valence-electron chi connectivity index (χ0n) is 21.0. The number of hydrogen-bond donors (Lipinski definition) is 1. The van der Waals surface area contributed by atoms with Crippen LogP contribution in [-0.2, 0) is 13.2 Å². The molecule has 0 unspecified atom stereocenters. The Morgan fingerprint density at radius 3 is 2.50 bits per heavy atom. The number of aromatic nitrogens is 3. The molecule has 1 saturated heterocycles. The summed E-state index contributed by atoms with van der Waals surface area (Å²) in [6.45, 7) is 3.65. The quantitative estimate of drug-likeness (QED) is 0.232. The molecule has 2 aromatic carbocycles. The maximum atomic E-state index is 6.17. The van der Waals surface area contributed by atoms with Crippen molar-refractivity contribution in [1.29, 1.82) is 0 Å². The monoisotopic (exact) mass is 527 g/mol. The highest BCUT2D eigenvalue weighted by Crippen LogP contribution is 2.29. The first-order valence-corrected chi connectivity index (χ1v) is 12.8. The number of anilines is 2. The molecule has 194 valence electrons. The van der Waals surface area contributed by atoms with Gasteiger partial charge in [-0.3, -0.25) is 9.88 Å². The normalized spacial score (nSPS) is 13.7. The zero-order chi connectivity index (χ0) is 24.9. The van der Waals surface area contributed by atoms with Crippen molar-refractivity contribution in [3.05, 3.63) is 96.6 Å². The maximum Gasteiger partial charge on any atom is 0.152 e. The minimum atomic E-state index is 0. The summed E-state index contributed by atoms with van der Waals surface area (Å²) in [6.07, 6.45) is 7.17. The van der Waals surface area contributed by atoms with Crippen LogP contribution in [0.2, 0.25) is 0 Å². The molecule has 3 aromatic heterocycles. The maximum absolute atomic E-state index is 6.17. The van der Waals surface area contributed by atoms with Gasteiger partial charge >= 0.3 is 0 Å². The van der Waals surface area contributed by atoms with Crippen molar-refractivity contribution < 1.29 is 9.15 Å². The van der Waals surface area contributed by atoms with Crippen LogP contribution in [-0.4, -0.2) is 32.9 Å². The van der Waals surface area contributed by atoms with Gasteiger partial charge in [0.15, 0.2) is 5.76 Å². The second kappa shape index (κ2) is 12.1. The van der Waals surface area contributed by atoms with Crippen molar-refractivity contribution in [2.24, 2.45) is 0 Å². The van der Waals surface area contributed by atoms with Crippen LogP contribution in [0.3, 0.4) is 0 Å². The van der Waals surface area contributed by atoms with E-state index in [-0.39, 0.29) is 12.4 Å². The summed E-state index contributed by atoms with van der Waals surface area (Å²) in [4.78, 5) is 15.9. The van der Waals surface area contributed by atoms with Crippen LogP contribution in [0.5, 0.6) is 5.75 Å². The fourth-order valence-electron chi connectivity index (χ4n) is 4.64. The van der Waals surface area contributed by atoms with E-state index in [9.17, 15) is 0 Å². The Kier molecular flexibility index (Phi) is 8.16. The number of ether oxygens (including phenoxy) is 1. The van der Waals surface area contributed by atoms with Crippen LogP contribution in [0, 0.1) is 0 Å². The van der Waals surface area contributed by atoms with Gasteiger partial charge in [0.25, 0.3) is 0 Å². The minimum absolute atomic E-state index is 0. The van der Waals surface area contributed by atoms with Crippen molar-refractivity contribution in [3.8, 4) is 17.2 Å². The first kappa shape index (κ1) is 25.7. The van der Waals surface area contributed by atoms with Crippen molar-refractivity contribution in [2.45, 2.75) is 32.4 Å². The molecule has 0 saturated carbocycles.